The molecule has 1 aromatic carbocycles. The first-order chi connectivity index (χ1) is 16.7. The van der Waals surface area contributed by atoms with E-state index in [0.717, 1.165) is 30.6 Å². The number of carbonyl (C=O) groups is 1. The number of halogens is 3. The molecule has 3 aromatic rings. The molecule has 6 rings (SSSR count). The van der Waals surface area contributed by atoms with Crippen LogP contribution in [-0.2, 0) is 24.8 Å². The molecule has 1 N–H and O–H groups in total. The molecule has 2 aromatic heterocycles. The number of aromatic nitrogens is 4. The largest absolute Gasteiger partial charge is 0.437 e. The smallest absolute Gasteiger partial charge is 0.423 e. The fourth-order valence-electron chi connectivity index (χ4n) is 4.87. The summed E-state index contributed by atoms with van der Waals surface area (Å²) in [7, 11) is 3.70. The Bertz CT molecular complexity index is 1350. The summed E-state index contributed by atoms with van der Waals surface area (Å²) in [6.45, 7) is 2.26. The van der Waals surface area contributed by atoms with Crippen LogP contribution in [0.15, 0.2) is 30.5 Å². The molecule has 9 nitrogen and oxygen atoms in total. The lowest BCUT2D eigenvalue weighted by Crippen LogP contribution is -2.30. The van der Waals surface area contributed by atoms with E-state index < -0.39 is 17.6 Å². The van der Waals surface area contributed by atoms with Gasteiger partial charge in [-0.1, -0.05) is 12.1 Å². The SMILES string of the molecule is CN1CCn2nc(Nc3ncc(C(F)(F)F)c(Oc4cccc5c4C(=O)N(C)C54CC4)n3)cc2C1. The molecule has 0 saturated heterocycles. The summed E-state index contributed by atoms with van der Waals surface area (Å²) in [4.78, 5) is 24.6. The molecule has 1 spiro atoms. The van der Waals surface area contributed by atoms with Crippen LogP contribution in [0.25, 0.3) is 0 Å². The lowest BCUT2D eigenvalue weighted by molar-refractivity contribution is -0.139. The zero-order chi connectivity index (χ0) is 24.5. The van der Waals surface area contributed by atoms with E-state index >= 15 is 0 Å². The summed E-state index contributed by atoms with van der Waals surface area (Å²) in [5.41, 5.74) is 0.509. The van der Waals surface area contributed by atoms with Crippen molar-refractivity contribution < 1.29 is 22.7 Å². The van der Waals surface area contributed by atoms with E-state index in [4.69, 9.17) is 4.74 Å². The Morgan fingerprint density at radius 1 is 1.17 bits per heavy atom. The second-order valence-corrected chi connectivity index (χ2v) is 9.19. The third-order valence-corrected chi connectivity index (χ3v) is 6.91. The molecule has 35 heavy (non-hydrogen) atoms. The first-order valence-electron chi connectivity index (χ1n) is 11.2. The monoisotopic (exact) mass is 485 g/mol. The van der Waals surface area contributed by atoms with Crippen molar-refractivity contribution in [1.29, 1.82) is 0 Å². The van der Waals surface area contributed by atoms with Gasteiger partial charge in [-0.2, -0.15) is 23.3 Å². The highest BCUT2D eigenvalue weighted by molar-refractivity contribution is 6.03. The minimum Gasteiger partial charge on any atom is -0.437 e. The lowest BCUT2D eigenvalue weighted by atomic mass is 10.0. The van der Waals surface area contributed by atoms with Crippen molar-refractivity contribution in [3.8, 4) is 11.6 Å². The quantitative estimate of drug-likeness (QED) is 0.602. The third kappa shape index (κ3) is 3.51. The van der Waals surface area contributed by atoms with Gasteiger partial charge in [0.2, 0.25) is 11.8 Å². The molecule has 12 heteroatoms. The average Bonchev–Trinajstić information content (AvgIpc) is 3.47. The van der Waals surface area contributed by atoms with Gasteiger partial charge in [0.15, 0.2) is 5.82 Å². The summed E-state index contributed by atoms with van der Waals surface area (Å²) in [6.07, 6.45) is -2.45. The summed E-state index contributed by atoms with van der Waals surface area (Å²) < 4.78 is 48.9. The highest BCUT2D eigenvalue weighted by Gasteiger charge is 2.57. The van der Waals surface area contributed by atoms with Crippen LogP contribution in [0.3, 0.4) is 0 Å². The minimum absolute atomic E-state index is 0.0405. The van der Waals surface area contributed by atoms with Gasteiger partial charge in [-0.3, -0.25) is 14.4 Å². The molecular formula is C23H22F3N7O2. The fraction of sp³-hybridized carbons (Fsp3) is 0.391. The molecule has 1 saturated carbocycles. The first kappa shape index (κ1) is 21.8. The fourth-order valence-corrected chi connectivity index (χ4v) is 4.87. The lowest BCUT2D eigenvalue weighted by Gasteiger charge is -2.22. The molecule has 1 amide bonds. The molecule has 0 bridgehead atoms. The molecule has 0 unspecified atom stereocenters. The van der Waals surface area contributed by atoms with E-state index in [2.05, 4.69) is 25.3 Å². The van der Waals surface area contributed by atoms with Crippen molar-refractivity contribution in [2.45, 2.75) is 37.6 Å². The average molecular weight is 485 g/mol. The van der Waals surface area contributed by atoms with Gasteiger partial charge in [0, 0.05) is 32.4 Å². The molecular weight excluding hydrogens is 463 g/mol. The van der Waals surface area contributed by atoms with Crippen LogP contribution in [0.2, 0.25) is 0 Å². The number of fused-ring (bicyclic) bond motifs is 3. The maximum atomic E-state index is 13.8. The van der Waals surface area contributed by atoms with Gasteiger partial charge >= 0.3 is 6.18 Å². The van der Waals surface area contributed by atoms with Crippen molar-refractivity contribution in [2.75, 3.05) is 26.0 Å². The van der Waals surface area contributed by atoms with Crippen molar-refractivity contribution in [2.24, 2.45) is 0 Å². The zero-order valence-corrected chi connectivity index (χ0v) is 19.1. The molecule has 2 aliphatic heterocycles. The number of ether oxygens (including phenoxy) is 1. The Hall–Kier alpha value is -3.67. The maximum absolute atomic E-state index is 13.8. The summed E-state index contributed by atoms with van der Waals surface area (Å²) >= 11 is 0. The number of benzene rings is 1. The summed E-state index contributed by atoms with van der Waals surface area (Å²) in [5, 5.41) is 7.32. The second kappa shape index (κ2) is 7.41. The van der Waals surface area contributed by atoms with Gasteiger partial charge in [0.05, 0.1) is 23.3 Å². The number of likely N-dealkylation sites (N-methyl/N-ethyl adjacent to an activating group) is 1. The Morgan fingerprint density at radius 3 is 2.71 bits per heavy atom. The maximum Gasteiger partial charge on any atom is 0.423 e. The standard InChI is InChI=1S/C23H22F3N7O2/c1-31-8-9-33-13(12-31)10-17(30-33)28-21-27-11-15(23(24,25)26)19(29-21)35-16-5-3-4-14-18(16)20(34)32(2)22(14)6-7-22/h3-5,10-11H,6-9,12H2,1-2H3,(H,27,28,29,30). The van der Waals surface area contributed by atoms with Gasteiger partial charge in [0.25, 0.3) is 5.91 Å². The van der Waals surface area contributed by atoms with Gasteiger partial charge < -0.3 is 15.0 Å². The van der Waals surface area contributed by atoms with Crippen molar-refractivity contribution in [3.05, 3.63) is 52.8 Å². The zero-order valence-electron chi connectivity index (χ0n) is 19.1. The van der Waals surface area contributed by atoms with Gasteiger partial charge in [0.1, 0.15) is 11.3 Å². The second-order valence-electron chi connectivity index (χ2n) is 9.19. The highest BCUT2D eigenvalue weighted by Crippen LogP contribution is 2.57. The summed E-state index contributed by atoms with van der Waals surface area (Å²) in [5.74, 6) is -0.582. The van der Waals surface area contributed by atoms with Crippen LogP contribution in [0, 0.1) is 0 Å². The van der Waals surface area contributed by atoms with Crippen LogP contribution in [0.1, 0.15) is 40.0 Å². The van der Waals surface area contributed by atoms with Gasteiger partial charge in [-0.05, 0) is 31.5 Å². The number of hydrogen-bond acceptors (Lipinski definition) is 7. The topological polar surface area (TPSA) is 88.4 Å². The Kier molecular flexibility index (Phi) is 4.62. The van der Waals surface area contributed by atoms with E-state index in [9.17, 15) is 18.0 Å². The number of carbonyl (C=O) groups excluding carboxylic acids is 1. The van der Waals surface area contributed by atoms with Crippen LogP contribution < -0.4 is 10.1 Å². The van der Waals surface area contributed by atoms with Gasteiger partial charge in [-0.25, -0.2) is 4.98 Å². The number of alkyl halides is 3. The van der Waals surface area contributed by atoms with Crippen LogP contribution >= 0.6 is 0 Å². The molecule has 4 heterocycles. The molecule has 0 atom stereocenters. The van der Waals surface area contributed by atoms with Crippen molar-refractivity contribution in [1.82, 2.24) is 29.5 Å². The van der Waals surface area contributed by atoms with E-state index in [1.165, 1.54) is 6.07 Å². The molecule has 3 aliphatic rings. The predicted molar refractivity (Wildman–Crippen MR) is 118 cm³/mol. The van der Waals surface area contributed by atoms with Crippen LogP contribution in [0.4, 0.5) is 24.9 Å². The summed E-state index contributed by atoms with van der Waals surface area (Å²) in [6, 6.07) is 6.80. The van der Waals surface area contributed by atoms with E-state index in [1.807, 2.05) is 23.9 Å². The van der Waals surface area contributed by atoms with Crippen molar-refractivity contribution in [3.63, 3.8) is 0 Å². The number of amides is 1. The Balaban J connectivity index is 1.35. The number of nitrogens with zero attached hydrogens (tertiary/aromatic N) is 6. The molecule has 182 valence electrons. The number of rotatable bonds is 4. The normalized spacial score (nSPS) is 18.5. The predicted octanol–water partition coefficient (Wildman–Crippen LogP) is 3.75. The third-order valence-electron chi connectivity index (χ3n) is 6.91. The highest BCUT2D eigenvalue weighted by atomic mass is 19.4. The van der Waals surface area contributed by atoms with Crippen LogP contribution in [-0.4, -0.2) is 56.1 Å². The van der Waals surface area contributed by atoms with E-state index in [1.54, 1.807) is 18.0 Å². The number of nitrogens with one attached hydrogen (secondary N) is 1. The molecule has 1 fully saturated rings. The Labute approximate surface area is 198 Å². The van der Waals surface area contributed by atoms with E-state index in [0.29, 0.717) is 25.1 Å². The molecule has 1 aliphatic carbocycles. The Morgan fingerprint density at radius 2 is 1.97 bits per heavy atom. The van der Waals surface area contributed by atoms with Gasteiger partial charge in [-0.15, -0.1) is 0 Å². The number of anilines is 2. The first-order valence-corrected chi connectivity index (χ1v) is 11.2. The van der Waals surface area contributed by atoms with Crippen molar-refractivity contribution >= 4 is 17.7 Å². The minimum atomic E-state index is -4.75. The van der Waals surface area contributed by atoms with Crippen LogP contribution in [0.5, 0.6) is 11.6 Å². The van der Waals surface area contributed by atoms with E-state index in [-0.39, 0.29) is 28.7 Å². The number of hydrogen-bond donors (Lipinski definition) is 1. The molecule has 0 radical (unpaired) electrons.